The number of rotatable bonds is 7. The monoisotopic (exact) mass is 393 g/mol. The fraction of sp³-hybridized carbons (Fsp3) is 0.240. The standard InChI is InChI=1S/C21H19NO3.2C2H6/c1-16-8-10-19(11-9-16)25-21-7-3-6-20(13-21)24-14-17-4-2-5-18(12-17)22-15-23;2*1-2/h2-13,15H,14H2,1H3,(H,22,23);2*1-2H3. The molecule has 0 aliphatic heterocycles. The van der Waals surface area contributed by atoms with E-state index in [0.29, 0.717) is 13.0 Å². The van der Waals surface area contributed by atoms with E-state index in [1.54, 1.807) is 0 Å². The van der Waals surface area contributed by atoms with Gasteiger partial charge in [0.05, 0.1) is 0 Å². The quantitative estimate of drug-likeness (QED) is 0.440. The molecule has 29 heavy (non-hydrogen) atoms. The number of benzene rings is 3. The lowest BCUT2D eigenvalue weighted by Crippen LogP contribution is -1.98. The molecule has 0 fully saturated rings. The predicted molar refractivity (Wildman–Crippen MR) is 121 cm³/mol. The van der Waals surface area contributed by atoms with Gasteiger partial charge < -0.3 is 14.8 Å². The highest BCUT2D eigenvalue weighted by molar-refractivity contribution is 5.71. The van der Waals surface area contributed by atoms with Crippen LogP contribution in [0.4, 0.5) is 5.69 Å². The molecule has 0 aliphatic carbocycles. The van der Waals surface area contributed by atoms with Crippen molar-refractivity contribution in [2.45, 2.75) is 41.2 Å². The summed E-state index contributed by atoms with van der Waals surface area (Å²) in [5.41, 5.74) is 2.90. The molecule has 3 aromatic rings. The molecule has 1 amide bonds. The Morgan fingerprint density at radius 2 is 1.45 bits per heavy atom. The Kier molecular flexibility index (Phi) is 11.3. The second-order valence-corrected chi connectivity index (χ2v) is 5.64. The van der Waals surface area contributed by atoms with E-state index in [2.05, 4.69) is 5.32 Å². The van der Waals surface area contributed by atoms with E-state index in [9.17, 15) is 4.79 Å². The van der Waals surface area contributed by atoms with Crippen LogP contribution in [0.15, 0.2) is 72.8 Å². The fourth-order valence-corrected chi connectivity index (χ4v) is 2.36. The van der Waals surface area contributed by atoms with Gasteiger partial charge in [-0.05, 0) is 48.9 Å². The van der Waals surface area contributed by atoms with Crippen LogP contribution in [0.3, 0.4) is 0 Å². The van der Waals surface area contributed by atoms with Crippen molar-refractivity contribution in [3.63, 3.8) is 0 Å². The molecule has 4 nitrogen and oxygen atoms in total. The molecule has 0 radical (unpaired) electrons. The van der Waals surface area contributed by atoms with E-state index >= 15 is 0 Å². The highest BCUT2D eigenvalue weighted by Crippen LogP contribution is 2.26. The molecule has 0 spiro atoms. The molecular weight excluding hydrogens is 362 g/mol. The topological polar surface area (TPSA) is 47.6 Å². The maximum absolute atomic E-state index is 10.5. The number of nitrogens with one attached hydrogen (secondary N) is 1. The van der Waals surface area contributed by atoms with Crippen molar-refractivity contribution in [3.05, 3.63) is 83.9 Å². The fourth-order valence-electron chi connectivity index (χ4n) is 2.36. The molecule has 0 atom stereocenters. The van der Waals surface area contributed by atoms with Crippen LogP contribution in [0.25, 0.3) is 0 Å². The van der Waals surface area contributed by atoms with E-state index in [-0.39, 0.29) is 0 Å². The number of ether oxygens (including phenoxy) is 2. The average molecular weight is 394 g/mol. The molecule has 0 unspecified atom stereocenters. The SMILES string of the molecule is CC.CC.Cc1ccc(Oc2cccc(OCc3cccc(NC=O)c3)c2)cc1. The molecule has 0 saturated carbocycles. The molecule has 3 aromatic carbocycles. The Morgan fingerprint density at radius 3 is 2.14 bits per heavy atom. The number of anilines is 1. The molecule has 0 saturated heterocycles. The zero-order valence-corrected chi connectivity index (χ0v) is 17.9. The summed E-state index contributed by atoms with van der Waals surface area (Å²) in [6.07, 6.45) is 0.659. The van der Waals surface area contributed by atoms with Crippen LogP contribution in [0.1, 0.15) is 38.8 Å². The predicted octanol–water partition coefficient (Wildman–Crippen LogP) is 6.99. The lowest BCUT2D eigenvalue weighted by atomic mass is 10.2. The number of carbonyl (C=O) groups excluding carboxylic acids is 1. The number of hydrogen-bond acceptors (Lipinski definition) is 3. The van der Waals surface area contributed by atoms with Crippen LogP contribution < -0.4 is 14.8 Å². The molecule has 0 aromatic heterocycles. The molecule has 0 heterocycles. The van der Waals surface area contributed by atoms with Crippen molar-refractivity contribution >= 4 is 12.1 Å². The number of amides is 1. The smallest absolute Gasteiger partial charge is 0.211 e. The molecule has 0 aliphatic rings. The molecule has 154 valence electrons. The van der Waals surface area contributed by atoms with E-state index in [0.717, 1.165) is 28.5 Å². The zero-order chi connectivity index (χ0) is 21.5. The van der Waals surface area contributed by atoms with Gasteiger partial charge in [0.2, 0.25) is 6.41 Å². The lowest BCUT2D eigenvalue weighted by molar-refractivity contribution is -0.105. The van der Waals surface area contributed by atoms with Gasteiger partial charge in [-0.3, -0.25) is 4.79 Å². The normalized spacial score (nSPS) is 9.14. The summed E-state index contributed by atoms with van der Waals surface area (Å²) in [4.78, 5) is 10.5. The van der Waals surface area contributed by atoms with E-state index < -0.39 is 0 Å². The summed E-state index contributed by atoms with van der Waals surface area (Å²) in [5.74, 6) is 2.23. The van der Waals surface area contributed by atoms with Crippen LogP contribution in [0, 0.1) is 6.92 Å². The Labute approximate surface area is 174 Å². The number of aryl methyl sites for hydroxylation is 1. The first kappa shape index (κ1) is 23.8. The summed E-state index contributed by atoms with van der Waals surface area (Å²) in [7, 11) is 0. The summed E-state index contributed by atoms with van der Waals surface area (Å²) in [6, 6.07) is 22.9. The molecule has 4 heteroatoms. The second-order valence-electron chi connectivity index (χ2n) is 5.64. The van der Waals surface area contributed by atoms with Gasteiger partial charge in [0.25, 0.3) is 0 Å². The van der Waals surface area contributed by atoms with Crippen LogP contribution in [-0.2, 0) is 11.4 Å². The van der Waals surface area contributed by atoms with Gasteiger partial charge in [0.1, 0.15) is 23.9 Å². The van der Waals surface area contributed by atoms with E-state index in [4.69, 9.17) is 9.47 Å². The molecule has 3 rings (SSSR count). The number of carbonyl (C=O) groups is 1. The minimum absolute atomic E-state index is 0.405. The first-order chi connectivity index (χ1) is 14.2. The third-order valence-electron chi connectivity index (χ3n) is 3.62. The van der Waals surface area contributed by atoms with E-state index in [1.165, 1.54) is 5.56 Å². The zero-order valence-electron chi connectivity index (χ0n) is 17.9. The van der Waals surface area contributed by atoms with Gasteiger partial charge in [0, 0.05) is 11.8 Å². The van der Waals surface area contributed by atoms with E-state index in [1.807, 2.05) is 107 Å². The van der Waals surface area contributed by atoms with Gasteiger partial charge in [-0.2, -0.15) is 0 Å². The largest absolute Gasteiger partial charge is 0.489 e. The minimum atomic E-state index is 0.405. The average Bonchev–Trinajstić information content (AvgIpc) is 2.78. The van der Waals surface area contributed by atoms with Gasteiger partial charge in [-0.25, -0.2) is 0 Å². The van der Waals surface area contributed by atoms with Gasteiger partial charge in [0.15, 0.2) is 0 Å². The molecule has 0 bridgehead atoms. The summed E-state index contributed by atoms with van der Waals surface area (Å²) < 4.78 is 11.7. The maximum atomic E-state index is 10.5. The van der Waals surface area contributed by atoms with Crippen molar-refractivity contribution < 1.29 is 14.3 Å². The summed E-state index contributed by atoms with van der Waals surface area (Å²) in [6.45, 7) is 10.4. The van der Waals surface area contributed by atoms with Crippen molar-refractivity contribution in [3.8, 4) is 17.2 Å². The van der Waals surface area contributed by atoms with Crippen LogP contribution in [0.2, 0.25) is 0 Å². The van der Waals surface area contributed by atoms with Crippen LogP contribution in [-0.4, -0.2) is 6.41 Å². The van der Waals surface area contributed by atoms with Crippen molar-refractivity contribution in [1.29, 1.82) is 0 Å². The van der Waals surface area contributed by atoms with Crippen LogP contribution in [0.5, 0.6) is 17.2 Å². The summed E-state index contributed by atoms with van der Waals surface area (Å²) in [5, 5.41) is 2.63. The first-order valence-electron chi connectivity index (χ1n) is 9.99. The molecular formula is C25H31NO3. The highest BCUT2D eigenvalue weighted by atomic mass is 16.5. The second kappa shape index (κ2) is 13.8. The van der Waals surface area contributed by atoms with Crippen molar-refractivity contribution in [1.82, 2.24) is 0 Å². The third kappa shape index (κ3) is 8.52. The first-order valence-corrected chi connectivity index (χ1v) is 9.99. The Balaban J connectivity index is 0.000000989. The maximum Gasteiger partial charge on any atom is 0.211 e. The Morgan fingerprint density at radius 1 is 0.793 bits per heavy atom. The third-order valence-corrected chi connectivity index (χ3v) is 3.62. The Bertz CT molecular complexity index is 845. The lowest BCUT2D eigenvalue weighted by Gasteiger charge is -2.10. The van der Waals surface area contributed by atoms with Gasteiger partial charge >= 0.3 is 0 Å². The van der Waals surface area contributed by atoms with Crippen molar-refractivity contribution in [2.24, 2.45) is 0 Å². The van der Waals surface area contributed by atoms with Gasteiger partial charge in [-0.15, -0.1) is 0 Å². The van der Waals surface area contributed by atoms with Crippen molar-refractivity contribution in [2.75, 3.05) is 5.32 Å². The minimum Gasteiger partial charge on any atom is -0.489 e. The summed E-state index contributed by atoms with van der Waals surface area (Å²) >= 11 is 0. The number of hydrogen-bond donors (Lipinski definition) is 1. The van der Waals surface area contributed by atoms with Gasteiger partial charge in [-0.1, -0.05) is 63.6 Å². The van der Waals surface area contributed by atoms with Crippen LogP contribution >= 0.6 is 0 Å². The Hall–Kier alpha value is -3.27. The highest BCUT2D eigenvalue weighted by Gasteiger charge is 2.02. The molecule has 1 N–H and O–H groups in total.